The first-order valence-electron chi connectivity index (χ1n) is 12.2. The maximum Gasteiger partial charge on any atom is 0.262 e. The predicted molar refractivity (Wildman–Crippen MR) is 131 cm³/mol. The first-order chi connectivity index (χ1) is 16.1. The number of carbonyl (C=O) groups is 2. The van der Waals surface area contributed by atoms with Gasteiger partial charge >= 0.3 is 0 Å². The monoisotopic (exact) mass is 461 g/mol. The Morgan fingerprint density at radius 1 is 1.03 bits per heavy atom. The minimum Gasteiger partial charge on any atom is -0.361 e. The quantitative estimate of drug-likeness (QED) is 0.468. The van der Waals surface area contributed by atoms with Gasteiger partial charge in [0, 0.05) is 30.1 Å². The summed E-state index contributed by atoms with van der Waals surface area (Å²) in [5.74, 6) is 2.32. The molecule has 1 aromatic carbocycles. The van der Waals surface area contributed by atoms with Crippen molar-refractivity contribution < 1.29 is 9.59 Å². The predicted octanol–water partition coefficient (Wildman–Crippen LogP) is 4.90. The normalized spacial score (nSPS) is 28.7. The fourth-order valence-electron chi connectivity index (χ4n) is 7.27. The van der Waals surface area contributed by atoms with E-state index in [9.17, 15) is 9.59 Å². The maximum absolute atomic E-state index is 13.5. The molecule has 3 N–H and O–H groups in total. The van der Waals surface area contributed by atoms with E-state index in [-0.39, 0.29) is 17.2 Å². The van der Waals surface area contributed by atoms with Gasteiger partial charge in [-0.2, -0.15) is 0 Å². The summed E-state index contributed by atoms with van der Waals surface area (Å²) >= 11 is 1.40. The number of hydrogen-bond acceptors (Lipinski definition) is 3. The van der Waals surface area contributed by atoms with Crippen molar-refractivity contribution in [3.8, 4) is 0 Å². The summed E-state index contributed by atoms with van der Waals surface area (Å²) < 4.78 is 0. The second-order valence-electron chi connectivity index (χ2n) is 10.7. The van der Waals surface area contributed by atoms with Gasteiger partial charge in [0.25, 0.3) is 5.91 Å². The van der Waals surface area contributed by atoms with Crippen LogP contribution < -0.4 is 10.6 Å². The Morgan fingerprint density at radius 3 is 2.45 bits per heavy atom. The van der Waals surface area contributed by atoms with Gasteiger partial charge in [0.05, 0.1) is 4.88 Å². The molecule has 0 aliphatic heterocycles. The van der Waals surface area contributed by atoms with E-state index in [0.29, 0.717) is 11.3 Å². The molecule has 0 saturated heterocycles. The molecular weight excluding hydrogens is 430 g/mol. The number of rotatable bonds is 7. The van der Waals surface area contributed by atoms with Crippen LogP contribution in [0.25, 0.3) is 10.9 Å². The number of H-pyrrole nitrogens is 1. The molecule has 5 nitrogen and oxygen atoms in total. The first kappa shape index (κ1) is 21.0. The Labute approximate surface area is 198 Å². The molecule has 6 heteroatoms. The number of benzene rings is 1. The molecule has 2 aromatic heterocycles. The molecule has 0 radical (unpaired) electrons. The lowest BCUT2D eigenvalue weighted by atomic mass is 9.49. The van der Waals surface area contributed by atoms with E-state index in [4.69, 9.17) is 0 Å². The van der Waals surface area contributed by atoms with E-state index in [2.05, 4.69) is 21.7 Å². The first-order valence-corrected chi connectivity index (χ1v) is 13.1. The van der Waals surface area contributed by atoms with Crippen molar-refractivity contribution in [2.45, 2.75) is 51.0 Å². The minimum atomic E-state index is -0.604. The molecule has 1 unspecified atom stereocenters. The maximum atomic E-state index is 13.5. The van der Waals surface area contributed by atoms with Gasteiger partial charge in [0.15, 0.2) is 0 Å². The van der Waals surface area contributed by atoms with Gasteiger partial charge in [-0.15, -0.1) is 11.3 Å². The number of fused-ring (bicyclic) bond motifs is 1. The third-order valence-corrected chi connectivity index (χ3v) is 9.14. The zero-order valence-corrected chi connectivity index (χ0v) is 19.6. The van der Waals surface area contributed by atoms with E-state index >= 15 is 0 Å². The third-order valence-electron chi connectivity index (χ3n) is 8.27. The molecule has 4 saturated carbocycles. The number of carbonyl (C=O) groups excluding carboxylic acids is 2. The van der Waals surface area contributed by atoms with Crippen LogP contribution in [-0.2, 0) is 11.2 Å². The van der Waals surface area contributed by atoms with Crippen molar-refractivity contribution in [2.24, 2.45) is 23.2 Å². The summed E-state index contributed by atoms with van der Waals surface area (Å²) in [4.78, 5) is 30.2. The van der Waals surface area contributed by atoms with Crippen LogP contribution in [-0.4, -0.2) is 29.4 Å². The van der Waals surface area contributed by atoms with Crippen molar-refractivity contribution in [1.82, 2.24) is 15.6 Å². The highest BCUT2D eigenvalue weighted by Crippen LogP contribution is 2.59. The fourth-order valence-corrected chi connectivity index (χ4v) is 7.90. The molecule has 172 valence electrons. The lowest BCUT2D eigenvalue weighted by Gasteiger charge is -2.57. The Morgan fingerprint density at radius 2 is 1.76 bits per heavy atom. The SMILES string of the molecule is O=C(NC(Cc1c[nH]c2ccccc12)C(=O)NCC12CC3CC(CC(C3)C1)C2)c1cccs1. The zero-order chi connectivity index (χ0) is 22.4. The van der Waals surface area contributed by atoms with Gasteiger partial charge in [0.1, 0.15) is 6.04 Å². The van der Waals surface area contributed by atoms with Crippen molar-refractivity contribution in [2.75, 3.05) is 6.54 Å². The van der Waals surface area contributed by atoms with Gasteiger partial charge in [-0.1, -0.05) is 24.3 Å². The van der Waals surface area contributed by atoms with Crippen LogP contribution in [0.2, 0.25) is 0 Å². The number of aromatic amines is 1. The Balaban J connectivity index is 1.19. The molecular formula is C27H31N3O2S. The number of thiophene rings is 1. The summed E-state index contributed by atoms with van der Waals surface area (Å²) in [6, 6.07) is 11.2. The van der Waals surface area contributed by atoms with Gasteiger partial charge in [-0.3, -0.25) is 9.59 Å². The van der Waals surface area contributed by atoms with Crippen LogP contribution in [0, 0.1) is 23.2 Å². The Bertz CT molecular complexity index is 1130. The summed E-state index contributed by atoms with van der Waals surface area (Å²) in [7, 11) is 0. The van der Waals surface area contributed by atoms with Crippen molar-refractivity contribution in [1.29, 1.82) is 0 Å². The van der Waals surface area contributed by atoms with E-state index in [0.717, 1.165) is 40.8 Å². The highest BCUT2D eigenvalue weighted by molar-refractivity contribution is 7.12. The van der Waals surface area contributed by atoms with Gasteiger partial charge < -0.3 is 15.6 Å². The lowest BCUT2D eigenvalue weighted by Crippen LogP contribution is -2.54. The van der Waals surface area contributed by atoms with Crippen LogP contribution in [0.4, 0.5) is 0 Å². The average molecular weight is 462 g/mol. The zero-order valence-electron chi connectivity index (χ0n) is 18.8. The van der Waals surface area contributed by atoms with Crippen molar-refractivity contribution in [3.63, 3.8) is 0 Å². The van der Waals surface area contributed by atoms with Gasteiger partial charge in [0.2, 0.25) is 5.91 Å². The second-order valence-corrected chi connectivity index (χ2v) is 11.7. The van der Waals surface area contributed by atoms with Crippen molar-refractivity contribution in [3.05, 3.63) is 58.4 Å². The molecule has 7 rings (SSSR count). The average Bonchev–Trinajstić information content (AvgIpc) is 3.47. The fraction of sp³-hybridized carbons (Fsp3) is 0.481. The highest BCUT2D eigenvalue weighted by atomic mass is 32.1. The molecule has 2 heterocycles. The highest BCUT2D eigenvalue weighted by Gasteiger charge is 2.50. The Hall–Kier alpha value is -2.60. The molecule has 4 aliphatic carbocycles. The van der Waals surface area contributed by atoms with Crippen LogP contribution in [0.5, 0.6) is 0 Å². The molecule has 4 fully saturated rings. The summed E-state index contributed by atoms with van der Waals surface area (Å²) in [6.45, 7) is 0.745. The van der Waals surface area contributed by atoms with Gasteiger partial charge in [-0.05, 0) is 84.8 Å². The number of amides is 2. The third kappa shape index (κ3) is 4.10. The standard InChI is InChI=1S/C27H31N3O2S/c31-25(29-16-27-12-17-8-18(13-27)10-19(9-17)14-27)23(30-26(32)24-6-3-7-33-24)11-20-15-28-22-5-2-1-4-21(20)22/h1-7,15,17-19,23,28H,8-14,16H2,(H,29,31)(H,30,32). The smallest absolute Gasteiger partial charge is 0.262 e. The number of nitrogens with one attached hydrogen (secondary N) is 3. The van der Waals surface area contributed by atoms with E-state index < -0.39 is 6.04 Å². The minimum absolute atomic E-state index is 0.0686. The molecule has 33 heavy (non-hydrogen) atoms. The molecule has 4 aliphatic rings. The Kier molecular flexibility index (Phi) is 5.28. The summed E-state index contributed by atoms with van der Waals surface area (Å²) in [5.41, 5.74) is 2.37. The molecule has 4 bridgehead atoms. The van der Waals surface area contributed by atoms with Crippen LogP contribution in [0.15, 0.2) is 48.0 Å². The van der Waals surface area contributed by atoms with E-state index in [1.807, 2.05) is 35.8 Å². The number of para-hydroxylation sites is 1. The van der Waals surface area contributed by atoms with Crippen LogP contribution >= 0.6 is 11.3 Å². The molecule has 3 aromatic rings. The van der Waals surface area contributed by atoms with Gasteiger partial charge in [-0.25, -0.2) is 0 Å². The summed E-state index contributed by atoms with van der Waals surface area (Å²) in [6.07, 6.45) is 10.4. The number of aromatic nitrogens is 1. The molecule has 2 amide bonds. The van der Waals surface area contributed by atoms with Crippen LogP contribution in [0.3, 0.4) is 0 Å². The largest absolute Gasteiger partial charge is 0.361 e. The molecule has 0 spiro atoms. The summed E-state index contributed by atoms with van der Waals surface area (Å²) in [5, 5.41) is 9.30. The number of hydrogen-bond donors (Lipinski definition) is 3. The molecule has 1 atom stereocenters. The van der Waals surface area contributed by atoms with Crippen molar-refractivity contribution >= 4 is 34.1 Å². The topological polar surface area (TPSA) is 74.0 Å². The van der Waals surface area contributed by atoms with Crippen LogP contribution in [0.1, 0.15) is 53.8 Å². The second kappa shape index (κ2) is 8.32. The lowest BCUT2D eigenvalue weighted by molar-refractivity contribution is -0.125. The van der Waals surface area contributed by atoms with E-state index in [1.54, 1.807) is 6.07 Å². The van der Waals surface area contributed by atoms with E-state index in [1.165, 1.54) is 49.9 Å².